The van der Waals surface area contributed by atoms with Gasteiger partial charge in [0.1, 0.15) is 6.61 Å². The Kier molecular flexibility index (Phi) is 4.44. The van der Waals surface area contributed by atoms with Crippen LogP contribution in [0.5, 0.6) is 0 Å². The van der Waals surface area contributed by atoms with E-state index in [0.29, 0.717) is 13.2 Å². The van der Waals surface area contributed by atoms with Crippen LogP contribution in [0.3, 0.4) is 0 Å². The van der Waals surface area contributed by atoms with E-state index < -0.39 is 0 Å². The number of likely N-dealkylation sites (tertiary alicyclic amines) is 1. The van der Waals surface area contributed by atoms with Crippen molar-refractivity contribution in [1.82, 2.24) is 14.8 Å². The number of aromatic nitrogens is 1. The van der Waals surface area contributed by atoms with Crippen LogP contribution in [0, 0.1) is 13.8 Å². The van der Waals surface area contributed by atoms with Crippen LogP contribution in [0.4, 0.5) is 4.79 Å². The molecule has 0 bridgehead atoms. The van der Waals surface area contributed by atoms with Crippen molar-refractivity contribution in [2.75, 3.05) is 26.2 Å². The molecule has 2 aliphatic rings. The average molecular weight is 355 g/mol. The summed E-state index contributed by atoms with van der Waals surface area (Å²) in [6.45, 7) is 7.84. The lowest BCUT2D eigenvalue weighted by atomic mass is 10.0. The zero-order chi connectivity index (χ0) is 18.3. The molecule has 1 amide bonds. The van der Waals surface area contributed by atoms with Gasteiger partial charge in [0.2, 0.25) is 0 Å². The molecule has 138 valence electrons. The molecule has 1 N–H and O–H groups in total. The number of hydrogen-bond acceptors (Lipinski definition) is 4. The first-order valence-corrected chi connectivity index (χ1v) is 9.30. The predicted octanol–water partition coefficient (Wildman–Crippen LogP) is 2.56. The number of benzene rings is 1. The number of aromatic amines is 1. The Labute approximate surface area is 152 Å². The molecular formula is C20H25N3O3. The summed E-state index contributed by atoms with van der Waals surface area (Å²) in [6.07, 6.45) is 1.73. The van der Waals surface area contributed by atoms with E-state index in [1.165, 1.54) is 0 Å². The normalized spacial score (nSPS) is 19.3. The van der Waals surface area contributed by atoms with Crippen molar-refractivity contribution < 1.29 is 9.53 Å². The van der Waals surface area contributed by atoms with Gasteiger partial charge < -0.3 is 14.6 Å². The lowest BCUT2D eigenvalue weighted by Crippen LogP contribution is -2.45. The van der Waals surface area contributed by atoms with E-state index in [0.717, 1.165) is 60.2 Å². The van der Waals surface area contributed by atoms with Gasteiger partial charge in [0.25, 0.3) is 0 Å². The van der Waals surface area contributed by atoms with Gasteiger partial charge in [0.05, 0.1) is 12.1 Å². The van der Waals surface area contributed by atoms with Crippen molar-refractivity contribution in [1.29, 1.82) is 0 Å². The average Bonchev–Trinajstić information content (AvgIpc) is 3.03. The molecular weight excluding hydrogens is 330 g/mol. The minimum absolute atomic E-state index is 0.0789. The summed E-state index contributed by atoms with van der Waals surface area (Å²) < 4.78 is 5.05. The SMILES string of the molecule is Cc1cc(C)c2[nH]c(CN3CCC(N4CCOC4=O)CC3)cc(=O)c2c1. The molecule has 4 rings (SSSR count). The summed E-state index contributed by atoms with van der Waals surface area (Å²) in [5.74, 6) is 0. The van der Waals surface area contributed by atoms with Gasteiger partial charge in [-0.2, -0.15) is 0 Å². The highest BCUT2D eigenvalue weighted by Gasteiger charge is 2.32. The van der Waals surface area contributed by atoms with Crippen molar-refractivity contribution >= 4 is 17.0 Å². The van der Waals surface area contributed by atoms with Crippen LogP contribution >= 0.6 is 0 Å². The summed E-state index contributed by atoms with van der Waals surface area (Å²) in [7, 11) is 0. The zero-order valence-electron chi connectivity index (χ0n) is 15.4. The first-order chi connectivity index (χ1) is 12.5. The number of piperidine rings is 1. The van der Waals surface area contributed by atoms with E-state index in [1.54, 1.807) is 6.07 Å². The molecule has 6 nitrogen and oxygen atoms in total. The maximum atomic E-state index is 12.5. The Balaban J connectivity index is 1.47. The maximum absolute atomic E-state index is 12.5. The lowest BCUT2D eigenvalue weighted by molar-refractivity contribution is 0.115. The predicted molar refractivity (Wildman–Crippen MR) is 100 cm³/mol. The molecule has 2 aliphatic heterocycles. The molecule has 2 aromatic rings. The highest BCUT2D eigenvalue weighted by molar-refractivity contribution is 5.82. The minimum atomic E-state index is -0.173. The Bertz CT molecular complexity index is 897. The van der Waals surface area contributed by atoms with Crippen LogP contribution in [-0.2, 0) is 11.3 Å². The second-order valence-electron chi connectivity index (χ2n) is 7.48. The largest absolute Gasteiger partial charge is 0.448 e. The molecule has 1 aromatic carbocycles. The molecule has 0 unspecified atom stereocenters. The number of aryl methyl sites for hydroxylation is 2. The number of hydrogen-bond donors (Lipinski definition) is 1. The highest BCUT2D eigenvalue weighted by Crippen LogP contribution is 2.22. The number of cyclic esters (lactones) is 1. The zero-order valence-corrected chi connectivity index (χ0v) is 15.4. The number of H-pyrrole nitrogens is 1. The van der Waals surface area contributed by atoms with E-state index in [1.807, 2.05) is 24.8 Å². The molecule has 0 radical (unpaired) electrons. The Morgan fingerprint density at radius 1 is 1.12 bits per heavy atom. The summed E-state index contributed by atoms with van der Waals surface area (Å²) in [5.41, 5.74) is 4.18. The minimum Gasteiger partial charge on any atom is -0.448 e. The first-order valence-electron chi connectivity index (χ1n) is 9.30. The first kappa shape index (κ1) is 17.1. The molecule has 0 aliphatic carbocycles. The van der Waals surface area contributed by atoms with Crippen molar-refractivity contribution in [2.24, 2.45) is 0 Å². The molecule has 3 heterocycles. The van der Waals surface area contributed by atoms with Crippen molar-refractivity contribution in [3.8, 4) is 0 Å². The van der Waals surface area contributed by atoms with E-state index in [2.05, 4.69) is 16.0 Å². The third kappa shape index (κ3) is 3.21. The summed E-state index contributed by atoms with van der Waals surface area (Å²) in [6, 6.07) is 6.06. The van der Waals surface area contributed by atoms with Crippen molar-refractivity contribution in [3.05, 3.63) is 45.2 Å². The van der Waals surface area contributed by atoms with E-state index in [9.17, 15) is 9.59 Å². The number of carbonyl (C=O) groups excluding carboxylic acids is 1. The van der Waals surface area contributed by atoms with Crippen LogP contribution in [0.1, 0.15) is 29.7 Å². The molecule has 2 fully saturated rings. The monoisotopic (exact) mass is 355 g/mol. The molecule has 6 heteroatoms. The van der Waals surface area contributed by atoms with Gasteiger partial charge in [-0.15, -0.1) is 0 Å². The van der Waals surface area contributed by atoms with Gasteiger partial charge in [-0.25, -0.2) is 4.79 Å². The van der Waals surface area contributed by atoms with Crippen molar-refractivity contribution in [3.63, 3.8) is 0 Å². The second kappa shape index (κ2) is 6.76. The third-order valence-corrected chi connectivity index (χ3v) is 5.52. The van der Waals surface area contributed by atoms with Gasteiger partial charge in [-0.3, -0.25) is 9.69 Å². The van der Waals surface area contributed by atoms with Gasteiger partial charge in [-0.1, -0.05) is 6.07 Å². The Hall–Kier alpha value is -2.34. The molecule has 0 saturated carbocycles. The quantitative estimate of drug-likeness (QED) is 0.919. The standard InChI is InChI=1S/C20H25N3O3/c1-13-9-14(2)19-17(10-13)18(24)11-15(21-19)12-22-5-3-16(4-6-22)23-7-8-26-20(23)25/h9-11,16H,3-8,12H2,1-2H3,(H,21,24). The number of ether oxygens (including phenoxy) is 1. The number of carbonyl (C=O) groups is 1. The fourth-order valence-electron chi connectivity index (χ4n) is 4.21. The molecule has 0 atom stereocenters. The number of rotatable bonds is 3. The lowest BCUT2D eigenvalue weighted by Gasteiger charge is -2.35. The van der Waals surface area contributed by atoms with Crippen LogP contribution in [-0.4, -0.2) is 53.2 Å². The van der Waals surface area contributed by atoms with E-state index >= 15 is 0 Å². The maximum Gasteiger partial charge on any atom is 0.410 e. The second-order valence-corrected chi connectivity index (χ2v) is 7.48. The number of nitrogens with zero attached hydrogens (tertiary/aromatic N) is 2. The van der Waals surface area contributed by atoms with Crippen LogP contribution in [0.25, 0.3) is 10.9 Å². The van der Waals surface area contributed by atoms with Crippen LogP contribution in [0.15, 0.2) is 23.0 Å². The van der Waals surface area contributed by atoms with E-state index in [4.69, 9.17) is 4.74 Å². The van der Waals surface area contributed by atoms with Gasteiger partial charge >= 0.3 is 6.09 Å². The summed E-state index contributed by atoms with van der Waals surface area (Å²) in [4.78, 5) is 31.9. The number of amides is 1. The third-order valence-electron chi connectivity index (χ3n) is 5.52. The number of fused-ring (bicyclic) bond motifs is 1. The van der Waals surface area contributed by atoms with Gasteiger partial charge in [-0.05, 0) is 43.9 Å². The fourth-order valence-corrected chi connectivity index (χ4v) is 4.21. The molecule has 26 heavy (non-hydrogen) atoms. The molecule has 0 spiro atoms. The highest BCUT2D eigenvalue weighted by atomic mass is 16.6. The van der Waals surface area contributed by atoms with Crippen molar-refractivity contribution in [2.45, 2.75) is 39.3 Å². The molecule has 1 aromatic heterocycles. The van der Waals surface area contributed by atoms with Crippen LogP contribution in [0.2, 0.25) is 0 Å². The Morgan fingerprint density at radius 3 is 2.58 bits per heavy atom. The smallest absolute Gasteiger partial charge is 0.410 e. The topological polar surface area (TPSA) is 65.6 Å². The summed E-state index contributed by atoms with van der Waals surface area (Å²) >= 11 is 0. The number of pyridine rings is 1. The summed E-state index contributed by atoms with van der Waals surface area (Å²) in [5, 5.41) is 0.762. The fraction of sp³-hybridized carbons (Fsp3) is 0.500. The van der Waals surface area contributed by atoms with E-state index in [-0.39, 0.29) is 17.6 Å². The van der Waals surface area contributed by atoms with Gasteiger partial charge in [0.15, 0.2) is 5.43 Å². The van der Waals surface area contributed by atoms with Gasteiger partial charge in [0, 0.05) is 42.8 Å². The molecule has 2 saturated heterocycles. The van der Waals surface area contributed by atoms with Crippen LogP contribution < -0.4 is 5.43 Å². The Morgan fingerprint density at radius 2 is 1.88 bits per heavy atom. The number of nitrogens with one attached hydrogen (secondary N) is 1.